The second-order valence-corrected chi connectivity index (χ2v) is 3.38. The standard InChI is InChI=1S/C11H11N/c1-2-9-3-5-10(6-4-9)11(12)7-8-11/h1,3-6H,7-8,12H2. The molecule has 0 saturated heterocycles. The van der Waals surface area contributed by atoms with Crippen molar-refractivity contribution >= 4 is 0 Å². The van der Waals surface area contributed by atoms with Gasteiger partial charge in [0.05, 0.1) is 0 Å². The minimum atomic E-state index is -0.0346. The molecule has 0 unspecified atom stereocenters. The third-order valence-corrected chi connectivity index (χ3v) is 2.42. The van der Waals surface area contributed by atoms with Gasteiger partial charge in [0.15, 0.2) is 0 Å². The lowest BCUT2D eigenvalue weighted by Crippen LogP contribution is -2.18. The van der Waals surface area contributed by atoms with Crippen LogP contribution in [0.25, 0.3) is 0 Å². The Balaban J connectivity index is 2.32. The van der Waals surface area contributed by atoms with E-state index in [2.05, 4.69) is 5.92 Å². The first-order chi connectivity index (χ1) is 5.74. The molecule has 1 aliphatic rings. The van der Waals surface area contributed by atoms with E-state index in [-0.39, 0.29) is 5.54 Å². The summed E-state index contributed by atoms with van der Waals surface area (Å²) >= 11 is 0. The second-order valence-electron chi connectivity index (χ2n) is 3.38. The fourth-order valence-electron chi connectivity index (χ4n) is 1.32. The van der Waals surface area contributed by atoms with Crippen LogP contribution in [0.5, 0.6) is 0 Å². The van der Waals surface area contributed by atoms with Gasteiger partial charge in [0.2, 0.25) is 0 Å². The van der Waals surface area contributed by atoms with E-state index in [1.54, 1.807) is 0 Å². The highest BCUT2D eigenvalue weighted by molar-refractivity contribution is 5.38. The number of hydrogen-bond acceptors (Lipinski definition) is 1. The Bertz CT molecular complexity index is 325. The van der Waals surface area contributed by atoms with E-state index >= 15 is 0 Å². The maximum absolute atomic E-state index is 6.01. The molecule has 2 N–H and O–H groups in total. The summed E-state index contributed by atoms with van der Waals surface area (Å²) < 4.78 is 0. The molecule has 12 heavy (non-hydrogen) atoms. The Morgan fingerprint density at radius 3 is 2.25 bits per heavy atom. The highest BCUT2D eigenvalue weighted by atomic mass is 14.8. The highest BCUT2D eigenvalue weighted by Crippen LogP contribution is 2.42. The molecule has 1 aliphatic carbocycles. The first-order valence-corrected chi connectivity index (χ1v) is 4.11. The third kappa shape index (κ3) is 1.11. The van der Waals surface area contributed by atoms with Gasteiger partial charge in [-0.1, -0.05) is 18.1 Å². The van der Waals surface area contributed by atoms with Crippen LogP contribution in [0.1, 0.15) is 24.0 Å². The number of benzene rings is 1. The van der Waals surface area contributed by atoms with Crippen LogP contribution in [0.4, 0.5) is 0 Å². The lowest BCUT2D eigenvalue weighted by Gasteiger charge is -2.07. The SMILES string of the molecule is C#Cc1ccc(C2(N)CC2)cc1. The average Bonchev–Trinajstić information content (AvgIpc) is 2.85. The predicted molar refractivity (Wildman–Crippen MR) is 49.5 cm³/mol. The van der Waals surface area contributed by atoms with Crippen molar-refractivity contribution < 1.29 is 0 Å². The van der Waals surface area contributed by atoms with Gasteiger partial charge in [-0.15, -0.1) is 6.42 Å². The molecule has 1 heteroatoms. The average molecular weight is 157 g/mol. The van der Waals surface area contributed by atoms with E-state index in [1.165, 1.54) is 5.56 Å². The third-order valence-electron chi connectivity index (χ3n) is 2.42. The Morgan fingerprint density at radius 1 is 1.25 bits per heavy atom. The minimum absolute atomic E-state index is 0.0346. The van der Waals surface area contributed by atoms with Gasteiger partial charge in [0.25, 0.3) is 0 Å². The van der Waals surface area contributed by atoms with E-state index in [0.29, 0.717) is 0 Å². The van der Waals surface area contributed by atoms with E-state index in [1.807, 2.05) is 24.3 Å². The number of terminal acetylenes is 1. The van der Waals surface area contributed by atoms with Crippen molar-refractivity contribution in [2.45, 2.75) is 18.4 Å². The summed E-state index contributed by atoms with van der Waals surface area (Å²) in [6.07, 6.45) is 7.44. The molecule has 1 nitrogen and oxygen atoms in total. The quantitative estimate of drug-likeness (QED) is 0.616. The fourth-order valence-corrected chi connectivity index (χ4v) is 1.32. The lowest BCUT2D eigenvalue weighted by atomic mass is 10.0. The molecule has 0 heterocycles. The zero-order valence-corrected chi connectivity index (χ0v) is 6.88. The van der Waals surface area contributed by atoms with Gasteiger partial charge in [-0.3, -0.25) is 0 Å². The summed E-state index contributed by atoms with van der Waals surface area (Å²) in [6.45, 7) is 0. The molecule has 1 aromatic rings. The number of nitrogens with two attached hydrogens (primary N) is 1. The summed E-state index contributed by atoms with van der Waals surface area (Å²) in [5, 5.41) is 0. The van der Waals surface area contributed by atoms with Crippen molar-refractivity contribution in [2.75, 3.05) is 0 Å². The molecule has 0 spiro atoms. The van der Waals surface area contributed by atoms with E-state index in [4.69, 9.17) is 12.2 Å². The number of rotatable bonds is 1. The fraction of sp³-hybridized carbons (Fsp3) is 0.273. The van der Waals surface area contributed by atoms with Crippen LogP contribution in [0, 0.1) is 12.3 Å². The maximum Gasteiger partial charge on any atom is 0.0411 e. The Hall–Kier alpha value is -1.26. The summed E-state index contributed by atoms with van der Waals surface area (Å²) in [4.78, 5) is 0. The van der Waals surface area contributed by atoms with Gasteiger partial charge in [0.1, 0.15) is 0 Å². The van der Waals surface area contributed by atoms with Crippen LogP contribution in [-0.2, 0) is 5.54 Å². The molecular formula is C11H11N. The molecule has 0 radical (unpaired) electrons. The first kappa shape index (κ1) is 7.39. The molecular weight excluding hydrogens is 146 g/mol. The summed E-state index contributed by atoms with van der Waals surface area (Å²) in [5.41, 5.74) is 8.10. The molecule has 2 rings (SSSR count). The van der Waals surface area contributed by atoms with Crippen LogP contribution in [0.15, 0.2) is 24.3 Å². The Labute approximate surface area is 72.6 Å². The number of hydrogen-bond donors (Lipinski definition) is 1. The van der Waals surface area contributed by atoms with Crippen LogP contribution >= 0.6 is 0 Å². The molecule has 0 bridgehead atoms. The summed E-state index contributed by atoms with van der Waals surface area (Å²) in [6, 6.07) is 7.95. The first-order valence-electron chi connectivity index (χ1n) is 4.11. The molecule has 1 aromatic carbocycles. The van der Waals surface area contributed by atoms with Gasteiger partial charge in [-0.2, -0.15) is 0 Å². The van der Waals surface area contributed by atoms with E-state index in [0.717, 1.165) is 18.4 Å². The van der Waals surface area contributed by atoms with Crippen LogP contribution in [-0.4, -0.2) is 0 Å². The van der Waals surface area contributed by atoms with Gasteiger partial charge >= 0.3 is 0 Å². The highest BCUT2D eigenvalue weighted by Gasteiger charge is 2.39. The molecule has 0 amide bonds. The molecule has 60 valence electrons. The van der Waals surface area contributed by atoms with Crippen molar-refractivity contribution in [2.24, 2.45) is 5.73 Å². The van der Waals surface area contributed by atoms with Crippen molar-refractivity contribution in [3.63, 3.8) is 0 Å². The molecule has 1 saturated carbocycles. The van der Waals surface area contributed by atoms with Gasteiger partial charge in [-0.05, 0) is 30.5 Å². The second kappa shape index (κ2) is 2.36. The molecule has 0 atom stereocenters. The van der Waals surface area contributed by atoms with Gasteiger partial charge < -0.3 is 5.73 Å². The topological polar surface area (TPSA) is 26.0 Å². The molecule has 0 aliphatic heterocycles. The van der Waals surface area contributed by atoms with Gasteiger partial charge in [-0.25, -0.2) is 0 Å². The van der Waals surface area contributed by atoms with Crippen molar-refractivity contribution in [1.82, 2.24) is 0 Å². The largest absolute Gasteiger partial charge is 0.321 e. The normalized spacial score (nSPS) is 18.3. The summed E-state index contributed by atoms with van der Waals surface area (Å²) in [7, 11) is 0. The monoisotopic (exact) mass is 157 g/mol. The predicted octanol–water partition coefficient (Wildman–Crippen LogP) is 1.62. The van der Waals surface area contributed by atoms with E-state index in [9.17, 15) is 0 Å². The maximum atomic E-state index is 6.01. The zero-order valence-electron chi connectivity index (χ0n) is 6.88. The van der Waals surface area contributed by atoms with E-state index < -0.39 is 0 Å². The minimum Gasteiger partial charge on any atom is -0.321 e. The van der Waals surface area contributed by atoms with Crippen molar-refractivity contribution in [3.05, 3.63) is 35.4 Å². The van der Waals surface area contributed by atoms with Crippen molar-refractivity contribution in [1.29, 1.82) is 0 Å². The van der Waals surface area contributed by atoms with Crippen LogP contribution in [0.3, 0.4) is 0 Å². The zero-order chi connectivity index (χ0) is 8.60. The van der Waals surface area contributed by atoms with Gasteiger partial charge in [0, 0.05) is 11.1 Å². The lowest BCUT2D eigenvalue weighted by molar-refractivity contribution is 0.740. The Morgan fingerprint density at radius 2 is 1.83 bits per heavy atom. The molecule has 1 fully saturated rings. The van der Waals surface area contributed by atoms with Crippen molar-refractivity contribution in [3.8, 4) is 12.3 Å². The Kier molecular flexibility index (Phi) is 1.46. The van der Waals surface area contributed by atoms with Crippen LogP contribution < -0.4 is 5.73 Å². The van der Waals surface area contributed by atoms with Crippen LogP contribution in [0.2, 0.25) is 0 Å². The summed E-state index contributed by atoms with van der Waals surface area (Å²) in [5.74, 6) is 2.59. The molecule has 0 aromatic heterocycles. The smallest absolute Gasteiger partial charge is 0.0411 e.